The highest BCUT2D eigenvalue weighted by atomic mass is 16.4. The maximum absolute atomic E-state index is 11.1. The van der Waals surface area contributed by atoms with E-state index in [9.17, 15) is 9.90 Å². The fraction of sp³-hybridized carbons (Fsp3) is 0.0714. The fourth-order valence-electron chi connectivity index (χ4n) is 2.10. The van der Waals surface area contributed by atoms with Crippen molar-refractivity contribution in [2.75, 3.05) is 0 Å². The van der Waals surface area contributed by atoms with Crippen LogP contribution < -0.4 is 0 Å². The predicted molar refractivity (Wildman–Crippen MR) is 72.2 cm³/mol. The quantitative estimate of drug-likeness (QED) is 0.744. The zero-order chi connectivity index (χ0) is 14.3. The molecule has 0 aliphatic carbocycles. The van der Waals surface area contributed by atoms with Gasteiger partial charge in [0.05, 0.1) is 5.69 Å². The molecule has 2 N–H and O–H groups in total. The van der Waals surface area contributed by atoms with Crippen LogP contribution in [-0.2, 0) is 0 Å². The van der Waals surface area contributed by atoms with E-state index in [4.69, 9.17) is 5.11 Å². The number of phenols is 1. The van der Waals surface area contributed by atoms with Crippen LogP contribution in [0.1, 0.15) is 16.1 Å². The van der Waals surface area contributed by atoms with Crippen LogP contribution in [-0.4, -0.2) is 30.9 Å². The Morgan fingerprint density at radius 1 is 1.30 bits per heavy atom. The molecular weight excluding hydrogens is 258 g/mol. The van der Waals surface area contributed by atoms with Gasteiger partial charge in [0.1, 0.15) is 11.3 Å². The molecular formula is C14H11N3O3. The molecule has 1 aromatic carbocycles. The summed E-state index contributed by atoms with van der Waals surface area (Å²) in [5.74, 6) is -0.431. The summed E-state index contributed by atoms with van der Waals surface area (Å²) in [6, 6.07) is 6.75. The Kier molecular flexibility index (Phi) is 2.64. The third-order valence-electron chi connectivity index (χ3n) is 3.08. The van der Waals surface area contributed by atoms with Gasteiger partial charge in [-0.3, -0.25) is 0 Å². The Labute approximate surface area is 113 Å². The molecule has 0 fully saturated rings. The number of aromatic hydroxyl groups is 1. The minimum atomic E-state index is -1.03. The van der Waals surface area contributed by atoms with Gasteiger partial charge in [-0.15, -0.1) is 0 Å². The zero-order valence-corrected chi connectivity index (χ0v) is 10.6. The molecule has 100 valence electrons. The van der Waals surface area contributed by atoms with Crippen molar-refractivity contribution in [2.45, 2.75) is 6.92 Å². The van der Waals surface area contributed by atoms with Gasteiger partial charge >= 0.3 is 5.97 Å². The van der Waals surface area contributed by atoms with E-state index in [0.29, 0.717) is 16.9 Å². The number of hydrogen-bond donors (Lipinski definition) is 2. The van der Waals surface area contributed by atoms with Crippen molar-refractivity contribution in [1.82, 2.24) is 14.8 Å². The second-order valence-electron chi connectivity index (χ2n) is 4.42. The Balaban J connectivity index is 2.26. The van der Waals surface area contributed by atoms with Crippen LogP contribution in [0, 0.1) is 6.92 Å². The Hall–Kier alpha value is -2.89. The maximum Gasteiger partial charge on any atom is 0.339 e. The molecule has 0 saturated carbocycles. The molecule has 2 aromatic heterocycles. The van der Waals surface area contributed by atoms with Crippen molar-refractivity contribution in [2.24, 2.45) is 0 Å². The first-order chi connectivity index (χ1) is 9.56. The van der Waals surface area contributed by atoms with Gasteiger partial charge in [0.25, 0.3) is 0 Å². The number of aromatic nitrogens is 3. The lowest BCUT2D eigenvalue weighted by Gasteiger charge is -2.05. The molecule has 0 amide bonds. The van der Waals surface area contributed by atoms with Crippen LogP contribution in [0.3, 0.4) is 0 Å². The van der Waals surface area contributed by atoms with E-state index in [1.165, 1.54) is 10.9 Å². The summed E-state index contributed by atoms with van der Waals surface area (Å²) in [6.07, 6.45) is 3.04. The van der Waals surface area contributed by atoms with Crippen molar-refractivity contribution in [3.05, 3.63) is 47.9 Å². The number of aryl methyl sites for hydroxylation is 1. The second kappa shape index (κ2) is 4.34. The molecule has 0 saturated heterocycles. The second-order valence-corrected chi connectivity index (χ2v) is 4.42. The van der Waals surface area contributed by atoms with Crippen LogP contribution in [0.4, 0.5) is 0 Å². The summed E-state index contributed by atoms with van der Waals surface area (Å²) in [5.41, 5.74) is 0.542. The standard InChI is InChI=1S/C14H11N3O3/c1-8-12(14(19)20)7-17(16-8)13-11-6-10(18)3-2-9(11)4-5-15-13/h2-7,18H,1H3,(H,19,20). The average molecular weight is 269 g/mol. The highest BCUT2D eigenvalue weighted by molar-refractivity contribution is 5.91. The number of pyridine rings is 1. The van der Waals surface area contributed by atoms with E-state index in [1.54, 1.807) is 31.3 Å². The van der Waals surface area contributed by atoms with E-state index in [1.807, 2.05) is 6.07 Å². The lowest BCUT2D eigenvalue weighted by atomic mass is 10.1. The number of carbonyl (C=O) groups is 1. The lowest BCUT2D eigenvalue weighted by molar-refractivity contribution is 0.0696. The van der Waals surface area contributed by atoms with Gasteiger partial charge in [-0.25, -0.2) is 14.5 Å². The summed E-state index contributed by atoms with van der Waals surface area (Å²) < 4.78 is 1.42. The molecule has 0 aliphatic heterocycles. The maximum atomic E-state index is 11.1. The highest BCUT2D eigenvalue weighted by Gasteiger charge is 2.14. The van der Waals surface area contributed by atoms with Gasteiger partial charge < -0.3 is 10.2 Å². The lowest BCUT2D eigenvalue weighted by Crippen LogP contribution is -1.99. The first kappa shape index (κ1) is 12.2. The van der Waals surface area contributed by atoms with Crippen LogP contribution in [0.15, 0.2) is 36.7 Å². The normalized spacial score (nSPS) is 10.8. The van der Waals surface area contributed by atoms with E-state index in [2.05, 4.69) is 10.1 Å². The number of benzene rings is 1. The molecule has 20 heavy (non-hydrogen) atoms. The van der Waals surface area contributed by atoms with Gasteiger partial charge in [-0.2, -0.15) is 5.10 Å². The molecule has 0 atom stereocenters. The number of carboxylic acids is 1. The predicted octanol–water partition coefficient (Wildman–Crippen LogP) is 2.13. The van der Waals surface area contributed by atoms with Crippen molar-refractivity contribution >= 4 is 16.7 Å². The Bertz CT molecular complexity index is 824. The monoisotopic (exact) mass is 269 g/mol. The molecule has 2 heterocycles. The summed E-state index contributed by atoms with van der Waals surface area (Å²) in [4.78, 5) is 15.3. The number of carboxylic acid groups (broad SMARTS) is 1. The van der Waals surface area contributed by atoms with Crippen LogP contribution in [0.25, 0.3) is 16.6 Å². The van der Waals surface area contributed by atoms with Gasteiger partial charge in [-0.05, 0) is 30.5 Å². The average Bonchev–Trinajstić information content (AvgIpc) is 2.80. The van der Waals surface area contributed by atoms with Gasteiger partial charge in [0.2, 0.25) is 0 Å². The van der Waals surface area contributed by atoms with Gasteiger partial charge in [0, 0.05) is 17.8 Å². The smallest absolute Gasteiger partial charge is 0.339 e. The first-order valence-electron chi connectivity index (χ1n) is 5.94. The number of nitrogens with zero attached hydrogens (tertiary/aromatic N) is 3. The number of phenolic OH excluding ortho intramolecular Hbond substituents is 1. The molecule has 0 spiro atoms. The molecule has 3 rings (SSSR count). The van der Waals surface area contributed by atoms with E-state index < -0.39 is 5.97 Å². The van der Waals surface area contributed by atoms with E-state index in [-0.39, 0.29) is 11.3 Å². The third kappa shape index (κ3) is 1.87. The molecule has 0 aliphatic rings. The molecule has 6 heteroatoms. The van der Waals surface area contributed by atoms with Crippen molar-refractivity contribution in [3.63, 3.8) is 0 Å². The molecule has 0 radical (unpaired) electrons. The molecule has 0 bridgehead atoms. The Morgan fingerprint density at radius 2 is 2.10 bits per heavy atom. The largest absolute Gasteiger partial charge is 0.508 e. The number of fused-ring (bicyclic) bond motifs is 1. The fourth-order valence-corrected chi connectivity index (χ4v) is 2.10. The number of rotatable bonds is 2. The van der Waals surface area contributed by atoms with E-state index in [0.717, 1.165) is 5.39 Å². The minimum Gasteiger partial charge on any atom is -0.508 e. The van der Waals surface area contributed by atoms with E-state index >= 15 is 0 Å². The summed E-state index contributed by atoms with van der Waals surface area (Å²) in [7, 11) is 0. The van der Waals surface area contributed by atoms with Crippen LogP contribution in [0.5, 0.6) is 5.75 Å². The molecule has 3 aromatic rings. The Morgan fingerprint density at radius 3 is 2.80 bits per heavy atom. The third-order valence-corrected chi connectivity index (χ3v) is 3.08. The minimum absolute atomic E-state index is 0.120. The zero-order valence-electron chi connectivity index (χ0n) is 10.6. The highest BCUT2D eigenvalue weighted by Crippen LogP contribution is 2.24. The number of aromatic carboxylic acids is 1. The van der Waals surface area contributed by atoms with Gasteiger partial charge in [-0.1, -0.05) is 6.07 Å². The summed E-state index contributed by atoms with van der Waals surface area (Å²) in [5, 5.41) is 24.4. The van der Waals surface area contributed by atoms with Gasteiger partial charge in [0.15, 0.2) is 5.82 Å². The van der Waals surface area contributed by atoms with Crippen LogP contribution >= 0.6 is 0 Å². The molecule has 0 unspecified atom stereocenters. The first-order valence-corrected chi connectivity index (χ1v) is 5.94. The van der Waals surface area contributed by atoms with Crippen molar-refractivity contribution in [3.8, 4) is 11.6 Å². The summed E-state index contributed by atoms with van der Waals surface area (Å²) >= 11 is 0. The SMILES string of the molecule is Cc1nn(-c2nccc3ccc(O)cc23)cc1C(=O)O. The summed E-state index contributed by atoms with van der Waals surface area (Å²) in [6.45, 7) is 1.63. The van der Waals surface area contributed by atoms with Crippen molar-refractivity contribution < 1.29 is 15.0 Å². The molecule has 6 nitrogen and oxygen atoms in total. The number of hydrogen-bond acceptors (Lipinski definition) is 4. The topological polar surface area (TPSA) is 88.2 Å². The van der Waals surface area contributed by atoms with Crippen LogP contribution in [0.2, 0.25) is 0 Å². The van der Waals surface area contributed by atoms with Crippen molar-refractivity contribution in [1.29, 1.82) is 0 Å².